The SMILES string of the molecule is Cc1nccc(OCC2(N)CCCC2)n1. The van der Waals surface area contributed by atoms with Crippen LogP contribution in [0, 0.1) is 6.92 Å². The molecule has 1 aromatic heterocycles. The van der Waals surface area contributed by atoms with Crippen molar-refractivity contribution in [1.29, 1.82) is 0 Å². The minimum atomic E-state index is -0.140. The molecule has 0 radical (unpaired) electrons. The van der Waals surface area contributed by atoms with E-state index in [4.69, 9.17) is 10.5 Å². The van der Waals surface area contributed by atoms with Crippen LogP contribution in [0.5, 0.6) is 5.88 Å². The summed E-state index contributed by atoms with van der Waals surface area (Å²) in [6.07, 6.45) is 6.23. The van der Waals surface area contributed by atoms with E-state index in [1.54, 1.807) is 12.3 Å². The number of aryl methyl sites for hydroxylation is 1. The summed E-state index contributed by atoms with van der Waals surface area (Å²) in [5.41, 5.74) is 6.04. The van der Waals surface area contributed by atoms with Crippen molar-refractivity contribution < 1.29 is 4.74 Å². The van der Waals surface area contributed by atoms with Gasteiger partial charge in [0.25, 0.3) is 0 Å². The molecule has 2 rings (SSSR count). The Kier molecular flexibility index (Phi) is 2.86. The Bertz CT molecular complexity index is 334. The third kappa shape index (κ3) is 2.65. The second-order valence-electron chi connectivity index (χ2n) is 4.30. The smallest absolute Gasteiger partial charge is 0.216 e. The van der Waals surface area contributed by atoms with Gasteiger partial charge >= 0.3 is 0 Å². The predicted octanol–water partition coefficient (Wildman–Crippen LogP) is 1.44. The Labute approximate surface area is 89.9 Å². The molecule has 82 valence electrons. The lowest BCUT2D eigenvalue weighted by Gasteiger charge is -2.23. The molecule has 2 N–H and O–H groups in total. The molecule has 0 aliphatic heterocycles. The summed E-state index contributed by atoms with van der Waals surface area (Å²) in [6.45, 7) is 2.41. The summed E-state index contributed by atoms with van der Waals surface area (Å²) in [5.74, 6) is 1.35. The molecule has 1 aliphatic carbocycles. The Morgan fingerprint density at radius 3 is 2.87 bits per heavy atom. The van der Waals surface area contributed by atoms with Crippen LogP contribution in [0.25, 0.3) is 0 Å². The fourth-order valence-electron chi connectivity index (χ4n) is 1.96. The highest BCUT2D eigenvalue weighted by Crippen LogP contribution is 2.27. The first kappa shape index (κ1) is 10.4. The van der Waals surface area contributed by atoms with Crippen LogP contribution in [0.2, 0.25) is 0 Å². The van der Waals surface area contributed by atoms with Crippen LogP contribution in [0.4, 0.5) is 0 Å². The van der Waals surface area contributed by atoms with E-state index < -0.39 is 0 Å². The number of nitrogens with two attached hydrogens (primary N) is 1. The van der Waals surface area contributed by atoms with Gasteiger partial charge in [-0.2, -0.15) is 4.98 Å². The minimum absolute atomic E-state index is 0.140. The van der Waals surface area contributed by atoms with E-state index >= 15 is 0 Å². The molecule has 0 aromatic carbocycles. The van der Waals surface area contributed by atoms with Crippen LogP contribution in [-0.4, -0.2) is 22.1 Å². The maximum Gasteiger partial charge on any atom is 0.216 e. The molecule has 0 atom stereocenters. The number of aromatic nitrogens is 2. The summed E-state index contributed by atoms with van der Waals surface area (Å²) in [7, 11) is 0. The van der Waals surface area contributed by atoms with Crippen molar-refractivity contribution in [2.75, 3.05) is 6.61 Å². The lowest BCUT2D eigenvalue weighted by Crippen LogP contribution is -2.42. The van der Waals surface area contributed by atoms with Gasteiger partial charge in [-0.05, 0) is 19.8 Å². The molecule has 1 fully saturated rings. The Hall–Kier alpha value is -1.16. The maximum absolute atomic E-state index is 6.18. The first-order valence-corrected chi connectivity index (χ1v) is 5.39. The summed E-state index contributed by atoms with van der Waals surface area (Å²) in [6, 6.07) is 1.77. The van der Waals surface area contributed by atoms with Gasteiger partial charge in [0.15, 0.2) is 0 Å². The number of rotatable bonds is 3. The van der Waals surface area contributed by atoms with Gasteiger partial charge in [0.05, 0.1) is 5.54 Å². The molecule has 0 saturated heterocycles. The molecule has 0 bridgehead atoms. The average molecular weight is 207 g/mol. The van der Waals surface area contributed by atoms with Crippen molar-refractivity contribution >= 4 is 0 Å². The number of ether oxygens (including phenoxy) is 1. The molecule has 0 spiro atoms. The Morgan fingerprint density at radius 1 is 1.47 bits per heavy atom. The van der Waals surface area contributed by atoms with E-state index in [1.807, 2.05) is 6.92 Å². The highest BCUT2D eigenvalue weighted by atomic mass is 16.5. The molecule has 15 heavy (non-hydrogen) atoms. The normalized spacial score (nSPS) is 19.1. The van der Waals surface area contributed by atoms with Crippen LogP contribution in [0.15, 0.2) is 12.3 Å². The maximum atomic E-state index is 6.18. The average Bonchev–Trinajstić information content (AvgIpc) is 2.63. The van der Waals surface area contributed by atoms with Crippen LogP contribution in [0.1, 0.15) is 31.5 Å². The van der Waals surface area contributed by atoms with Gasteiger partial charge in [0.2, 0.25) is 5.88 Å². The number of hydrogen-bond acceptors (Lipinski definition) is 4. The molecule has 1 heterocycles. The second-order valence-corrected chi connectivity index (χ2v) is 4.30. The van der Waals surface area contributed by atoms with E-state index in [0.29, 0.717) is 12.5 Å². The van der Waals surface area contributed by atoms with Gasteiger partial charge in [0.1, 0.15) is 12.4 Å². The molecule has 0 unspecified atom stereocenters. The molecule has 1 aliphatic rings. The summed E-state index contributed by atoms with van der Waals surface area (Å²) < 4.78 is 5.60. The third-order valence-corrected chi connectivity index (χ3v) is 2.86. The molecule has 1 aromatic rings. The lowest BCUT2D eigenvalue weighted by molar-refractivity contribution is 0.213. The zero-order chi connectivity index (χ0) is 10.7. The highest BCUT2D eigenvalue weighted by molar-refractivity contribution is 5.08. The first-order chi connectivity index (χ1) is 7.18. The van der Waals surface area contributed by atoms with Crippen LogP contribution in [-0.2, 0) is 0 Å². The van der Waals surface area contributed by atoms with Gasteiger partial charge in [-0.1, -0.05) is 12.8 Å². The van der Waals surface area contributed by atoms with E-state index in [0.717, 1.165) is 18.7 Å². The molecular weight excluding hydrogens is 190 g/mol. The highest BCUT2D eigenvalue weighted by Gasteiger charge is 2.30. The zero-order valence-corrected chi connectivity index (χ0v) is 9.07. The van der Waals surface area contributed by atoms with E-state index in [9.17, 15) is 0 Å². The van der Waals surface area contributed by atoms with Crippen molar-refractivity contribution in [3.63, 3.8) is 0 Å². The van der Waals surface area contributed by atoms with Crippen molar-refractivity contribution in [1.82, 2.24) is 9.97 Å². The van der Waals surface area contributed by atoms with Crippen LogP contribution < -0.4 is 10.5 Å². The molecule has 4 nitrogen and oxygen atoms in total. The quantitative estimate of drug-likeness (QED) is 0.814. The Balaban J connectivity index is 1.92. The fraction of sp³-hybridized carbons (Fsp3) is 0.636. The number of nitrogens with zero attached hydrogens (tertiary/aromatic N) is 2. The molecule has 1 saturated carbocycles. The van der Waals surface area contributed by atoms with E-state index in [2.05, 4.69) is 9.97 Å². The molecular formula is C11H17N3O. The second kappa shape index (κ2) is 4.14. The van der Waals surface area contributed by atoms with E-state index in [1.165, 1.54) is 12.8 Å². The standard InChI is InChI=1S/C11H17N3O/c1-9-13-7-4-10(14-9)15-8-11(12)5-2-3-6-11/h4,7H,2-3,5-6,8,12H2,1H3. The summed E-state index contributed by atoms with van der Waals surface area (Å²) in [5, 5.41) is 0. The van der Waals surface area contributed by atoms with Gasteiger partial charge < -0.3 is 10.5 Å². The van der Waals surface area contributed by atoms with E-state index in [-0.39, 0.29) is 5.54 Å². The predicted molar refractivity (Wildman–Crippen MR) is 57.7 cm³/mol. The van der Waals surface area contributed by atoms with Crippen LogP contribution in [0.3, 0.4) is 0 Å². The van der Waals surface area contributed by atoms with Gasteiger partial charge in [0, 0.05) is 12.3 Å². The first-order valence-electron chi connectivity index (χ1n) is 5.39. The van der Waals surface area contributed by atoms with Crippen molar-refractivity contribution in [3.05, 3.63) is 18.1 Å². The molecule has 4 heteroatoms. The number of hydrogen-bond donors (Lipinski definition) is 1. The zero-order valence-electron chi connectivity index (χ0n) is 9.07. The summed E-state index contributed by atoms with van der Waals surface area (Å²) in [4.78, 5) is 8.19. The van der Waals surface area contributed by atoms with Crippen LogP contribution >= 0.6 is 0 Å². The van der Waals surface area contributed by atoms with Crippen molar-refractivity contribution in [2.24, 2.45) is 5.73 Å². The van der Waals surface area contributed by atoms with Crippen molar-refractivity contribution in [2.45, 2.75) is 38.1 Å². The largest absolute Gasteiger partial charge is 0.476 e. The summed E-state index contributed by atoms with van der Waals surface area (Å²) >= 11 is 0. The van der Waals surface area contributed by atoms with Gasteiger partial charge in [-0.15, -0.1) is 0 Å². The van der Waals surface area contributed by atoms with Crippen molar-refractivity contribution in [3.8, 4) is 5.88 Å². The van der Waals surface area contributed by atoms with Gasteiger partial charge in [-0.3, -0.25) is 0 Å². The lowest BCUT2D eigenvalue weighted by atomic mass is 10.0. The molecule has 0 amide bonds. The topological polar surface area (TPSA) is 61.0 Å². The Morgan fingerprint density at radius 2 is 2.20 bits per heavy atom. The van der Waals surface area contributed by atoms with Gasteiger partial charge in [-0.25, -0.2) is 4.98 Å². The fourth-order valence-corrected chi connectivity index (χ4v) is 1.96. The third-order valence-electron chi connectivity index (χ3n) is 2.86. The minimum Gasteiger partial charge on any atom is -0.476 e. The monoisotopic (exact) mass is 207 g/mol.